The van der Waals surface area contributed by atoms with E-state index in [9.17, 15) is 4.79 Å². The summed E-state index contributed by atoms with van der Waals surface area (Å²) in [6.07, 6.45) is 7.67. The van der Waals surface area contributed by atoms with Crippen molar-refractivity contribution in [3.8, 4) is 0 Å². The Morgan fingerprint density at radius 3 is 2.18 bits per heavy atom. The van der Waals surface area contributed by atoms with Crippen LogP contribution in [0.25, 0.3) is 0 Å². The molecule has 0 aliphatic carbocycles. The van der Waals surface area contributed by atoms with E-state index in [4.69, 9.17) is 4.74 Å². The number of hydrogen-bond acceptors (Lipinski definition) is 2. The first-order valence-electron chi connectivity index (χ1n) is 7.36. The van der Waals surface area contributed by atoms with Gasteiger partial charge in [-0.1, -0.05) is 53.4 Å². The first-order valence-corrected chi connectivity index (χ1v) is 7.36. The Morgan fingerprint density at radius 1 is 1.00 bits per heavy atom. The second-order valence-corrected chi connectivity index (χ2v) is 4.94. The molecule has 0 heterocycles. The molecule has 0 aliphatic rings. The zero-order chi connectivity index (χ0) is 13.1. The van der Waals surface area contributed by atoms with Crippen molar-refractivity contribution < 1.29 is 9.53 Å². The van der Waals surface area contributed by atoms with Crippen molar-refractivity contribution >= 4 is 5.97 Å². The maximum Gasteiger partial charge on any atom is 0.308 e. The second kappa shape index (κ2) is 10.6. The fourth-order valence-corrected chi connectivity index (χ4v) is 2.05. The number of rotatable bonds is 10. The van der Waals surface area contributed by atoms with Crippen molar-refractivity contribution in [1.29, 1.82) is 0 Å². The topological polar surface area (TPSA) is 26.3 Å². The fraction of sp³-hybridized carbons (Fsp3) is 0.933. The molecule has 0 N–H and O–H groups in total. The molecule has 0 aromatic rings. The molecule has 2 nitrogen and oxygen atoms in total. The molecule has 0 rings (SSSR count). The van der Waals surface area contributed by atoms with Crippen molar-refractivity contribution in [2.24, 2.45) is 11.8 Å². The molecular weight excluding hydrogens is 212 g/mol. The molecule has 2 atom stereocenters. The van der Waals surface area contributed by atoms with Gasteiger partial charge in [0.1, 0.15) is 0 Å². The van der Waals surface area contributed by atoms with Crippen molar-refractivity contribution in [2.45, 2.75) is 72.6 Å². The molecule has 0 aromatic heterocycles. The van der Waals surface area contributed by atoms with Crippen molar-refractivity contribution in [3.05, 3.63) is 0 Å². The van der Waals surface area contributed by atoms with E-state index in [-0.39, 0.29) is 11.9 Å². The van der Waals surface area contributed by atoms with Gasteiger partial charge in [-0.15, -0.1) is 0 Å². The van der Waals surface area contributed by atoms with Crippen LogP contribution in [-0.2, 0) is 9.53 Å². The monoisotopic (exact) mass is 242 g/mol. The molecule has 17 heavy (non-hydrogen) atoms. The zero-order valence-electron chi connectivity index (χ0n) is 12.1. The van der Waals surface area contributed by atoms with Crippen LogP contribution in [0.5, 0.6) is 0 Å². The Labute approximate surface area is 107 Å². The minimum Gasteiger partial charge on any atom is -0.465 e. The molecule has 0 aromatic carbocycles. The van der Waals surface area contributed by atoms with Gasteiger partial charge in [0.05, 0.1) is 12.5 Å². The summed E-state index contributed by atoms with van der Waals surface area (Å²) in [7, 11) is 0. The maximum atomic E-state index is 11.8. The summed E-state index contributed by atoms with van der Waals surface area (Å²) >= 11 is 0. The lowest BCUT2D eigenvalue weighted by Gasteiger charge is -2.18. The van der Waals surface area contributed by atoms with Crippen LogP contribution in [0.4, 0.5) is 0 Å². The summed E-state index contributed by atoms with van der Waals surface area (Å²) in [6, 6.07) is 0. The number of esters is 1. The maximum absolute atomic E-state index is 11.8. The molecule has 2 unspecified atom stereocenters. The van der Waals surface area contributed by atoms with Gasteiger partial charge in [-0.3, -0.25) is 4.79 Å². The molecule has 2 heteroatoms. The third kappa shape index (κ3) is 7.40. The van der Waals surface area contributed by atoms with Gasteiger partial charge in [-0.2, -0.15) is 0 Å². The summed E-state index contributed by atoms with van der Waals surface area (Å²) in [5.74, 6) is 0.686. The average Bonchev–Trinajstić information content (AvgIpc) is 2.35. The zero-order valence-corrected chi connectivity index (χ0v) is 12.1. The highest BCUT2D eigenvalue weighted by Crippen LogP contribution is 2.16. The van der Waals surface area contributed by atoms with Crippen LogP contribution in [-0.4, -0.2) is 12.6 Å². The fourth-order valence-electron chi connectivity index (χ4n) is 2.05. The molecule has 0 radical (unpaired) electrons. The van der Waals surface area contributed by atoms with E-state index < -0.39 is 0 Å². The summed E-state index contributed by atoms with van der Waals surface area (Å²) in [6.45, 7) is 9.18. The lowest BCUT2D eigenvalue weighted by molar-refractivity contribution is -0.150. The summed E-state index contributed by atoms with van der Waals surface area (Å²) < 4.78 is 5.46. The lowest BCUT2D eigenvalue weighted by Crippen LogP contribution is -2.20. The van der Waals surface area contributed by atoms with Gasteiger partial charge in [0, 0.05) is 0 Å². The summed E-state index contributed by atoms with van der Waals surface area (Å²) in [5, 5.41) is 0. The molecule has 0 amide bonds. The van der Waals surface area contributed by atoms with Gasteiger partial charge in [0.2, 0.25) is 0 Å². The van der Waals surface area contributed by atoms with Crippen molar-refractivity contribution in [1.82, 2.24) is 0 Å². The molecule has 0 bridgehead atoms. The van der Waals surface area contributed by atoms with E-state index in [0.717, 1.165) is 25.7 Å². The number of carbonyl (C=O) groups excluding carboxylic acids is 1. The summed E-state index contributed by atoms with van der Waals surface area (Å²) in [5.41, 5.74) is 0. The van der Waals surface area contributed by atoms with E-state index in [2.05, 4.69) is 27.7 Å². The first-order chi connectivity index (χ1) is 8.19. The lowest BCUT2D eigenvalue weighted by atomic mass is 9.99. The number of ether oxygens (including phenoxy) is 1. The number of unbranched alkanes of at least 4 members (excludes halogenated alkanes) is 1. The largest absolute Gasteiger partial charge is 0.465 e. The van der Waals surface area contributed by atoms with E-state index >= 15 is 0 Å². The predicted octanol–water partition coefficient (Wildman–Crippen LogP) is 4.57. The van der Waals surface area contributed by atoms with Crippen LogP contribution >= 0.6 is 0 Å². The SMILES string of the molecule is CCCCC(CC)COC(=O)C(CC)CCC. The van der Waals surface area contributed by atoms with E-state index in [0.29, 0.717) is 12.5 Å². The molecular formula is C15H30O2. The number of hydrogen-bond donors (Lipinski definition) is 0. The van der Waals surface area contributed by atoms with Gasteiger partial charge in [-0.05, 0) is 25.2 Å². The van der Waals surface area contributed by atoms with Crippen molar-refractivity contribution in [2.75, 3.05) is 6.61 Å². The third-order valence-corrected chi connectivity index (χ3v) is 3.47. The standard InChI is InChI=1S/C15H30O2/c1-5-9-11-13(7-3)12-17-15(16)14(8-4)10-6-2/h13-14H,5-12H2,1-4H3. The molecule has 0 saturated heterocycles. The Kier molecular flexibility index (Phi) is 10.3. The molecule has 0 aliphatic heterocycles. The van der Waals surface area contributed by atoms with Gasteiger partial charge in [-0.25, -0.2) is 0 Å². The van der Waals surface area contributed by atoms with Crippen LogP contribution in [0, 0.1) is 11.8 Å². The van der Waals surface area contributed by atoms with Crippen LogP contribution in [0.15, 0.2) is 0 Å². The van der Waals surface area contributed by atoms with E-state index in [1.165, 1.54) is 19.3 Å². The molecule has 0 saturated carbocycles. The van der Waals surface area contributed by atoms with Gasteiger partial charge < -0.3 is 4.74 Å². The van der Waals surface area contributed by atoms with Gasteiger partial charge in [0.15, 0.2) is 0 Å². The van der Waals surface area contributed by atoms with Crippen LogP contribution in [0.3, 0.4) is 0 Å². The van der Waals surface area contributed by atoms with Gasteiger partial charge in [0.25, 0.3) is 0 Å². The quantitative estimate of drug-likeness (QED) is 0.524. The van der Waals surface area contributed by atoms with Crippen LogP contribution in [0.2, 0.25) is 0 Å². The minimum atomic E-state index is 0.0179. The minimum absolute atomic E-state index is 0.0179. The highest BCUT2D eigenvalue weighted by Gasteiger charge is 2.18. The highest BCUT2D eigenvalue weighted by atomic mass is 16.5. The van der Waals surface area contributed by atoms with Gasteiger partial charge >= 0.3 is 5.97 Å². The smallest absolute Gasteiger partial charge is 0.308 e. The Morgan fingerprint density at radius 2 is 1.71 bits per heavy atom. The molecule has 0 spiro atoms. The van der Waals surface area contributed by atoms with Crippen LogP contribution < -0.4 is 0 Å². The van der Waals surface area contributed by atoms with Crippen molar-refractivity contribution in [3.63, 3.8) is 0 Å². The highest BCUT2D eigenvalue weighted by molar-refractivity contribution is 5.72. The molecule has 102 valence electrons. The number of carbonyl (C=O) groups is 1. The first kappa shape index (κ1) is 16.5. The normalized spacial score (nSPS) is 14.4. The second-order valence-electron chi connectivity index (χ2n) is 4.94. The summed E-state index contributed by atoms with van der Waals surface area (Å²) in [4.78, 5) is 11.8. The third-order valence-electron chi connectivity index (χ3n) is 3.47. The Bertz CT molecular complexity index is 189. The van der Waals surface area contributed by atoms with Crippen LogP contribution in [0.1, 0.15) is 72.6 Å². The predicted molar refractivity (Wildman–Crippen MR) is 73.0 cm³/mol. The Balaban J connectivity index is 3.93. The Hall–Kier alpha value is -0.530. The van der Waals surface area contributed by atoms with E-state index in [1.807, 2.05) is 0 Å². The van der Waals surface area contributed by atoms with E-state index in [1.54, 1.807) is 0 Å². The average molecular weight is 242 g/mol. The molecule has 0 fully saturated rings.